The van der Waals surface area contributed by atoms with Crippen molar-refractivity contribution in [3.05, 3.63) is 0 Å². The smallest absolute Gasteiger partial charge is 0.251 e. The van der Waals surface area contributed by atoms with Gasteiger partial charge in [0.1, 0.15) is 6.10 Å². The van der Waals surface area contributed by atoms with Crippen molar-refractivity contribution in [3.8, 4) is 0 Å². The van der Waals surface area contributed by atoms with E-state index in [0.29, 0.717) is 12.6 Å². The molecule has 2 heterocycles. The Labute approximate surface area is 140 Å². The number of likely N-dealkylation sites (tertiary alicyclic amines) is 1. The third-order valence-corrected chi connectivity index (χ3v) is 5.64. The van der Waals surface area contributed by atoms with Crippen LogP contribution in [0.4, 0.5) is 0 Å². The Bertz CT molecular complexity index is 361. The summed E-state index contributed by atoms with van der Waals surface area (Å²) in [6.07, 6.45) is 12.2. The number of carbonyl (C=O) groups excluding carboxylic acids is 1. The van der Waals surface area contributed by atoms with Gasteiger partial charge >= 0.3 is 0 Å². The third kappa shape index (κ3) is 4.15. The van der Waals surface area contributed by atoms with Crippen molar-refractivity contribution >= 4 is 18.3 Å². The molecular formula is C17H31ClN2O2. The van der Waals surface area contributed by atoms with Gasteiger partial charge in [0.15, 0.2) is 0 Å². The van der Waals surface area contributed by atoms with E-state index in [1.54, 1.807) is 0 Å². The van der Waals surface area contributed by atoms with Crippen molar-refractivity contribution in [1.29, 1.82) is 0 Å². The van der Waals surface area contributed by atoms with Crippen molar-refractivity contribution in [2.75, 3.05) is 13.1 Å². The first-order valence-electron chi connectivity index (χ1n) is 8.94. The predicted octanol–water partition coefficient (Wildman–Crippen LogP) is 2.88. The number of hydrogen-bond acceptors (Lipinski definition) is 3. The molecule has 0 aromatic rings. The molecule has 0 spiro atoms. The lowest BCUT2D eigenvalue weighted by molar-refractivity contribution is -0.143. The van der Waals surface area contributed by atoms with Crippen molar-refractivity contribution in [2.45, 2.75) is 82.5 Å². The van der Waals surface area contributed by atoms with E-state index in [0.717, 1.165) is 31.7 Å². The molecule has 22 heavy (non-hydrogen) atoms. The molecule has 2 N–H and O–H groups in total. The minimum atomic E-state index is -0.217. The van der Waals surface area contributed by atoms with Gasteiger partial charge in [0.25, 0.3) is 5.91 Å². The Balaban J connectivity index is 0.00000176. The Kier molecular flexibility index (Phi) is 6.97. The normalized spacial score (nSPS) is 33.0. The van der Waals surface area contributed by atoms with E-state index in [1.165, 1.54) is 44.9 Å². The molecular weight excluding hydrogens is 300 g/mol. The summed E-state index contributed by atoms with van der Waals surface area (Å²) in [5, 5.41) is 0. The zero-order chi connectivity index (χ0) is 14.7. The van der Waals surface area contributed by atoms with Gasteiger partial charge in [-0.3, -0.25) is 4.79 Å². The minimum absolute atomic E-state index is 0. The van der Waals surface area contributed by atoms with Gasteiger partial charge in [-0.1, -0.05) is 32.1 Å². The van der Waals surface area contributed by atoms with Gasteiger partial charge in [-0.2, -0.15) is 0 Å². The van der Waals surface area contributed by atoms with Crippen LogP contribution in [0, 0.1) is 5.92 Å². The summed E-state index contributed by atoms with van der Waals surface area (Å²) in [6, 6.07) is 0.473. The highest BCUT2D eigenvalue weighted by Gasteiger charge is 2.38. The van der Waals surface area contributed by atoms with Gasteiger partial charge in [-0.05, 0) is 38.0 Å². The molecule has 2 aliphatic heterocycles. The summed E-state index contributed by atoms with van der Waals surface area (Å²) in [5.41, 5.74) is 5.65. The number of halogens is 1. The standard InChI is InChI=1S/C17H30N2O2.ClH/c18-12-15-8-9-16(21-15)17(20)19-10-4-7-14(19)11-13-5-2-1-3-6-13;/h13-16H,1-12,18H2;1H/t14?,15-,16+;/m1./s1. The van der Waals surface area contributed by atoms with Crippen molar-refractivity contribution in [1.82, 2.24) is 4.90 Å². The van der Waals surface area contributed by atoms with Gasteiger partial charge in [0.05, 0.1) is 6.10 Å². The van der Waals surface area contributed by atoms with Crippen LogP contribution in [0.5, 0.6) is 0 Å². The number of nitrogens with two attached hydrogens (primary N) is 1. The highest BCUT2D eigenvalue weighted by Crippen LogP contribution is 2.33. The number of amides is 1. The molecule has 0 aromatic heterocycles. The second kappa shape index (κ2) is 8.51. The van der Waals surface area contributed by atoms with Crippen LogP contribution >= 0.6 is 12.4 Å². The first-order valence-corrected chi connectivity index (χ1v) is 8.94. The fraction of sp³-hybridized carbons (Fsp3) is 0.941. The van der Waals surface area contributed by atoms with Crippen LogP contribution in [0.3, 0.4) is 0 Å². The number of hydrogen-bond donors (Lipinski definition) is 1. The molecule has 0 aromatic carbocycles. The lowest BCUT2D eigenvalue weighted by atomic mass is 9.84. The van der Waals surface area contributed by atoms with Gasteiger partial charge in [-0.15, -0.1) is 12.4 Å². The van der Waals surface area contributed by atoms with Crippen LogP contribution in [0.15, 0.2) is 0 Å². The molecule has 3 aliphatic rings. The van der Waals surface area contributed by atoms with Gasteiger partial charge in [-0.25, -0.2) is 0 Å². The monoisotopic (exact) mass is 330 g/mol. The average Bonchev–Trinajstić information content (AvgIpc) is 3.16. The van der Waals surface area contributed by atoms with Crippen LogP contribution < -0.4 is 5.73 Å². The van der Waals surface area contributed by atoms with E-state index in [1.807, 2.05) is 0 Å². The lowest BCUT2D eigenvalue weighted by Crippen LogP contribution is -2.43. The maximum Gasteiger partial charge on any atom is 0.251 e. The molecule has 1 amide bonds. The summed E-state index contributed by atoms with van der Waals surface area (Å²) in [5.74, 6) is 1.09. The summed E-state index contributed by atoms with van der Waals surface area (Å²) in [7, 11) is 0. The second-order valence-electron chi connectivity index (χ2n) is 7.13. The van der Waals surface area contributed by atoms with Crippen molar-refractivity contribution < 1.29 is 9.53 Å². The molecule has 0 radical (unpaired) electrons. The summed E-state index contributed by atoms with van der Waals surface area (Å²) in [6.45, 7) is 1.47. The van der Waals surface area contributed by atoms with E-state index < -0.39 is 0 Å². The summed E-state index contributed by atoms with van der Waals surface area (Å²) >= 11 is 0. The third-order valence-electron chi connectivity index (χ3n) is 5.64. The number of ether oxygens (including phenoxy) is 1. The largest absolute Gasteiger partial charge is 0.364 e. The predicted molar refractivity (Wildman–Crippen MR) is 90.1 cm³/mol. The Morgan fingerprint density at radius 2 is 1.82 bits per heavy atom. The molecule has 5 heteroatoms. The maximum atomic E-state index is 12.7. The molecule has 1 saturated carbocycles. The fourth-order valence-electron chi connectivity index (χ4n) is 4.42. The molecule has 1 unspecified atom stereocenters. The number of rotatable bonds is 4. The Morgan fingerprint density at radius 1 is 1.05 bits per heavy atom. The van der Waals surface area contributed by atoms with E-state index in [2.05, 4.69) is 4.90 Å². The maximum absolute atomic E-state index is 12.7. The van der Waals surface area contributed by atoms with E-state index in [4.69, 9.17) is 10.5 Å². The molecule has 2 saturated heterocycles. The van der Waals surface area contributed by atoms with Crippen molar-refractivity contribution in [3.63, 3.8) is 0 Å². The molecule has 4 nitrogen and oxygen atoms in total. The Morgan fingerprint density at radius 3 is 2.50 bits per heavy atom. The lowest BCUT2D eigenvalue weighted by Gasteiger charge is -2.31. The quantitative estimate of drug-likeness (QED) is 0.862. The van der Waals surface area contributed by atoms with Crippen LogP contribution in [-0.2, 0) is 9.53 Å². The average molecular weight is 331 g/mol. The fourth-order valence-corrected chi connectivity index (χ4v) is 4.42. The topological polar surface area (TPSA) is 55.6 Å². The Hall–Kier alpha value is -0.320. The molecule has 3 rings (SSSR count). The highest BCUT2D eigenvalue weighted by atomic mass is 35.5. The van der Waals surface area contributed by atoms with Crippen LogP contribution in [-0.4, -0.2) is 42.1 Å². The minimum Gasteiger partial charge on any atom is -0.364 e. The van der Waals surface area contributed by atoms with Gasteiger partial charge in [0, 0.05) is 19.1 Å². The van der Waals surface area contributed by atoms with Gasteiger partial charge in [0.2, 0.25) is 0 Å². The summed E-state index contributed by atoms with van der Waals surface area (Å²) < 4.78 is 5.81. The van der Waals surface area contributed by atoms with Crippen LogP contribution in [0.1, 0.15) is 64.2 Å². The zero-order valence-electron chi connectivity index (χ0n) is 13.5. The first kappa shape index (κ1) is 18.0. The SMILES string of the molecule is Cl.NC[C@H]1CC[C@@H](C(=O)N2CCCC2CC2CCCCC2)O1. The summed E-state index contributed by atoms with van der Waals surface area (Å²) in [4.78, 5) is 14.9. The van der Waals surface area contributed by atoms with Crippen LogP contribution in [0.2, 0.25) is 0 Å². The second-order valence-corrected chi connectivity index (χ2v) is 7.13. The highest BCUT2D eigenvalue weighted by molar-refractivity contribution is 5.85. The molecule has 3 atom stereocenters. The molecule has 128 valence electrons. The number of nitrogens with zero attached hydrogens (tertiary/aromatic N) is 1. The molecule has 1 aliphatic carbocycles. The van der Waals surface area contributed by atoms with E-state index in [9.17, 15) is 4.79 Å². The molecule has 3 fully saturated rings. The molecule has 0 bridgehead atoms. The number of carbonyl (C=O) groups is 1. The van der Waals surface area contributed by atoms with E-state index in [-0.39, 0.29) is 30.5 Å². The van der Waals surface area contributed by atoms with Crippen molar-refractivity contribution in [2.24, 2.45) is 11.7 Å². The first-order chi connectivity index (χ1) is 10.3. The van der Waals surface area contributed by atoms with E-state index >= 15 is 0 Å². The van der Waals surface area contributed by atoms with Crippen LogP contribution in [0.25, 0.3) is 0 Å². The van der Waals surface area contributed by atoms with Gasteiger partial charge < -0.3 is 15.4 Å². The zero-order valence-corrected chi connectivity index (χ0v) is 14.4.